The van der Waals surface area contributed by atoms with Crippen LogP contribution in [0.5, 0.6) is 0 Å². The molecule has 2 rings (SSSR count). The van der Waals surface area contributed by atoms with Crippen LogP contribution in [0.25, 0.3) is 0 Å². The Morgan fingerprint density at radius 1 is 1.58 bits per heavy atom. The summed E-state index contributed by atoms with van der Waals surface area (Å²) in [4.78, 5) is 22.2. The summed E-state index contributed by atoms with van der Waals surface area (Å²) in [6.07, 6.45) is 2.15. The fraction of sp³-hybridized carbons (Fsp3) is 0.417. The Morgan fingerprint density at radius 3 is 2.84 bits per heavy atom. The van der Waals surface area contributed by atoms with Crippen LogP contribution in [-0.4, -0.2) is 23.4 Å². The summed E-state index contributed by atoms with van der Waals surface area (Å²) in [5.41, 5.74) is 5.45. The average Bonchev–Trinajstić information content (AvgIpc) is 3.19. The molecule has 0 heterocycles. The quantitative estimate of drug-likeness (QED) is 0.635. The van der Waals surface area contributed by atoms with Crippen LogP contribution >= 0.6 is 11.6 Å². The number of amides is 1. The van der Waals surface area contributed by atoms with Crippen molar-refractivity contribution in [1.82, 2.24) is 5.32 Å². The molecular formula is C12H14ClN3O3. The predicted octanol–water partition coefficient (Wildman–Crippen LogP) is 1.72. The number of nitrogens with one attached hydrogen (secondary N) is 1. The van der Waals surface area contributed by atoms with Gasteiger partial charge < -0.3 is 11.1 Å². The molecule has 0 bridgehead atoms. The summed E-state index contributed by atoms with van der Waals surface area (Å²) in [7, 11) is 0. The Balaban J connectivity index is 2.11. The number of halogens is 1. The first-order valence-corrected chi connectivity index (χ1v) is 6.35. The monoisotopic (exact) mass is 283 g/mol. The van der Waals surface area contributed by atoms with Crippen LogP contribution < -0.4 is 11.1 Å². The maximum absolute atomic E-state index is 12.0. The highest BCUT2D eigenvalue weighted by atomic mass is 35.5. The second-order valence-electron chi connectivity index (χ2n) is 4.60. The number of nitro benzene ring substituents is 1. The van der Waals surface area contributed by atoms with E-state index in [1.165, 1.54) is 18.2 Å². The third-order valence-corrected chi connectivity index (χ3v) is 3.46. The maximum atomic E-state index is 12.0. The van der Waals surface area contributed by atoms with Crippen molar-refractivity contribution in [3.8, 4) is 0 Å². The summed E-state index contributed by atoms with van der Waals surface area (Å²) >= 11 is 5.86. The van der Waals surface area contributed by atoms with Crippen molar-refractivity contribution in [3.63, 3.8) is 0 Å². The number of hydrogen-bond acceptors (Lipinski definition) is 4. The SMILES string of the molecule is NC(CNC(=O)c1c(Cl)cccc1[N+](=O)[O-])C1CC1. The number of benzene rings is 1. The summed E-state index contributed by atoms with van der Waals surface area (Å²) < 4.78 is 0. The van der Waals surface area contributed by atoms with Crippen LogP contribution in [-0.2, 0) is 0 Å². The zero-order valence-electron chi connectivity index (χ0n) is 10.1. The van der Waals surface area contributed by atoms with Crippen molar-refractivity contribution in [1.29, 1.82) is 0 Å². The predicted molar refractivity (Wildman–Crippen MR) is 71.1 cm³/mol. The minimum atomic E-state index is -0.623. The number of carbonyl (C=O) groups excluding carboxylic acids is 1. The van der Waals surface area contributed by atoms with Gasteiger partial charge >= 0.3 is 0 Å². The first kappa shape index (κ1) is 13.8. The van der Waals surface area contributed by atoms with Crippen molar-refractivity contribution in [2.24, 2.45) is 11.7 Å². The van der Waals surface area contributed by atoms with Gasteiger partial charge in [0.15, 0.2) is 0 Å². The van der Waals surface area contributed by atoms with Gasteiger partial charge in [-0.25, -0.2) is 0 Å². The third-order valence-electron chi connectivity index (χ3n) is 3.14. The number of carbonyl (C=O) groups is 1. The van der Waals surface area contributed by atoms with Gasteiger partial charge in [0.05, 0.1) is 9.95 Å². The second-order valence-corrected chi connectivity index (χ2v) is 5.01. The molecule has 102 valence electrons. The van der Waals surface area contributed by atoms with E-state index >= 15 is 0 Å². The van der Waals surface area contributed by atoms with Crippen LogP contribution in [0.15, 0.2) is 18.2 Å². The minimum absolute atomic E-state index is 0.0618. The number of nitro groups is 1. The Kier molecular flexibility index (Phi) is 4.01. The van der Waals surface area contributed by atoms with Gasteiger partial charge in [0, 0.05) is 18.7 Å². The molecule has 3 N–H and O–H groups in total. The molecule has 0 radical (unpaired) electrons. The Labute approximate surface area is 115 Å². The summed E-state index contributed by atoms with van der Waals surface area (Å²) in [6.45, 7) is 0.297. The Hall–Kier alpha value is -1.66. The highest BCUT2D eigenvalue weighted by Crippen LogP contribution is 2.31. The van der Waals surface area contributed by atoms with Gasteiger partial charge in [-0.15, -0.1) is 0 Å². The van der Waals surface area contributed by atoms with Crippen molar-refractivity contribution in [2.75, 3.05) is 6.54 Å². The van der Waals surface area contributed by atoms with Crippen LogP contribution in [0.3, 0.4) is 0 Å². The molecule has 1 amide bonds. The lowest BCUT2D eigenvalue weighted by Gasteiger charge is -2.12. The van der Waals surface area contributed by atoms with Gasteiger partial charge in [0.1, 0.15) is 5.56 Å². The van der Waals surface area contributed by atoms with Crippen LogP contribution in [0.2, 0.25) is 5.02 Å². The van der Waals surface area contributed by atoms with E-state index in [4.69, 9.17) is 17.3 Å². The number of hydrogen-bond donors (Lipinski definition) is 2. The van der Waals surface area contributed by atoms with Gasteiger partial charge in [0.25, 0.3) is 11.6 Å². The molecule has 1 atom stereocenters. The normalized spacial score (nSPS) is 15.9. The lowest BCUT2D eigenvalue weighted by atomic mass is 10.1. The first-order valence-electron chi connectivity index (χ1n) is 5.97. The van der Waals surface area contributed by atoms with Crippen LogP contribution in [0, 0.1) is 16.0 Å². The number of nitrogens with zero attached hydrogens (tertiary/aromatic N) is 1. The number of nitrogens with two attached hydrogens (primary N) is 1. The lowest BCUT2D eigenvalue weighted by Crippen LogP contribution is -2.38. The van der Waals surface area contributed by atoms with E-state index in [0.29, 0.717) is 12.5 Å². The number of rotatable bonds is 5. The molecule has 1 aliphatic rings. The molecule has 1 aliphatic carbocycles. The highest BCUT2D eigenvalue weighted by Gasteiger charge is 2.29. The second kappa shape index (κ2) is 5.54. The molecular weight excluding hydrogens is 270 g/mol. The molecule has 0 aromatic heterocycles. The lowest BCUT2D eigenvalue weighted by molar-refractivity contribution is -0.385. The molecule has 1 saturated carbocycles. The molecule has 1 aromatic carbocycles. The molecule has 0 spiro atoms. The summed E-state index contributed by atoms with van der Waals surface area (Å²) in [6, 6.07) is 4.03. The first-order chi connectivity index (χ1) is 9.00. The molecule has 1 unspecified atom stereocenters. The fourth-order valence-corrected chi connectivity index (χ4v) is 2.14. The third kappa shape index (κ3) is 3.21. The van der Waals surface area contributed by atoms with Gasteiger partial charge in [-0.3, -0.25) is 14.9 Å². The van der Waals surface area contributed by atoms with Crippen LogP contribution in [0.4, 0.5) is 5.69 Å². The van der Waals surface area contributed by atoms with E-state index in [1.807, 2.05) is 0 Å². The van der Waals surface area contributed by atoms with E-state index in [2.05, 4.69) is 5.32 Å². The Morgan fingerprint density at radius 2 is 2.26 bits per heavy atom. The highest BCUT2D eigenvalue weighted by molar-refractivity contribution is 6.34. The van der Waals surface area contributed by atoms with Gasteiger partial charge in [-0.2, -0.15) is 0 Å². The van der Waals surface area contributed by atoms with E-state index in [-0.39, 0.29) is 22.3 Å². The molecule has 0 saturated heterocycles. The molecule has 1 fully saturated rings. The largest absolute Gasteiger partial charge is 0.350 e. The molecule has 0 aliphatic heterocycles. The fourth-order valence-electron chi connectivity index (χ4n) is 1.88. The molecule has 19 heavy (non-hydrogen) atoms. The van der Waals surface area contributed by atoms with Crippen molar-refractivity contribution in [2.45, 2.75) is 18.9 Å². The zero-order valence-corrected chi connectivity index (χ0v) is 10.9. The van der Waals surface area contributed by atoms with E-state index < -0.39 is 10.8 Å². The Bertz CT molecular complexity index is 517. The summed E-state index contributed by atoms with van der Waals surface area (Å²) in [5, 5.41) is 13.5. The van der Waals surface area contributed by atoms with Gasteiger partial charge in [-0.05, 0) is 24.8 Å². The molecule has 7 heteroatoms. The maximum Gasteiger partial charge on any atom is 0.283 e. The summed E-state index contributed by atoms with van der Waals surface area (Å²) in [5.74, 6) is -0.116. The zero-order chi connectivity index (χ0) is 14.0. The molecule has 1 aromatic rings. The topological polar surface area (TPSA) is 98.3 Å². The van der Waals surface area contributed by atoms with E-state index in [0.717, 1.165) is 12.8 Å². The van der Waals surface area contributed by atoms with Crippen LogP contribution in [0.1, 0.15) is 23.2 Å². The van der Waals surface area contributed by atoms with Crippen molar-refractivity contribution < 1.29 is 9.72 Å². The van der Waals surface area contributed by atoms with E-state index in [1.54, 1.807) is 0 Å². The molecule has 6 nitrogen and oxygen atoms in total. The van der Waals surface area contributed by atoms with E-state index in [9.17, 15) is 14.9 Å². The van der Waals surface area contributed by atoms with Gasteiger partial charge in [-0.1, -0.05) is 17.7 Å². The van der Waals surface area contributed by atoms with Gasteiger partial charge in [0.2, 0.25) is 0 Å². The average molecular weight is 284 g/mol. The minimum Gasteiger partial charge on any atom is -0.350 e. The van der Waals surface area contributed by atoms with Crippen molar-refractivity contribution in [3.05, 3.63) is 38.9 Å². The van der Waals surface area contributed by atoms with Crippen molar-refractivity contribution >= 4 is 23.2 Å². The smallest absolute Gasteiger partial charge is 0.283 e. The standard InChI is InChI=1S/C12H14ClN3O3/c13-8-2-1-3-10(16(18)19)11(8)12(17)15-6-9(14)7-4-5-7/h1-3,7,9H,4-6,14H2,(H,15,17).